The molecule has 0 amide bonds. The van der Waals surface area contributed by atoms with Crippen molar-refractivity contribution in [2.75, 3.05) is 0 Å². The highest BCUT2D eigenvalue weighted by molar-refractivity contribution is 7.99. The van der Waals surface area contributed by atoms with Gasteiger partial charge in [-0.1, -0.05) is 17.8 Å². The number of hydrogen-bond acceptors (Lipinski definition) is 3. The van der Waals surface area contributed by atoms with Crippen LogP contribution in [0.5, 0.6) is 0 Å². The van der Waals surface area contributed by atoms with E-state index in [1.165, 1.54) is 30.7 Å². The minimum Gasteiger partial charge on any atom is -0.310 e. The summed E-state index contributed by atoms with van der Waals surface area (Å²) in [4.78, 5) is 4.98. The van der Waals surface area contributed by atoms with Crippen LogP contribution < -0.4 is 5.32 Å². The van der Waals surface area contributed by atoms with Gasteiger partial charge in [-0.25, -0.2) is 13.8 Å². The van der Waals surface area contributed by atoms with Crippen molar-refractivity contribution in [3.63, 3.8) is 0 Å². The summed E-state index contributed by atoms with van der Waals surface area (Å²) in [7, 11) is 0. The number of nitrogens with zero attached hydrogens (tertiary/aromatic N) is 1. The number of nitrogens with one attached hydrogen (secondary N) is 1. The third-order valence-corrected chi connectivity index (χ3v) is 4.16. The Morgan fingerprint density at radius 1 is 1.20 bits per heavy atom. The molecule has 2 nitrogen and oxygen atoms in total. The molecule has 1 aromatic carbocycles. The van der Waals surface area contributed by atoms with Gasteiger partial charge in [0.1, 0.15) is 5.03 Å². The van der Waals surface area contributed by atoms with Crippen molar-refractivity contribution in [2.45, 2.75) is 35.3 Å². The van der Waals surface area contributed by atoms with E-state index < -0.39 is 11.6 Å². The molecule has 1 saturated carbocycles. The lowest BCUT2D eigenvalue weighted by atomic mass is 10.3. The number of pyridine rings is 1. The summed E-state index contributed by atoms with van der Waals surface area (Å²) in [5.74, 6) is -1.66. The molecule has 1 fully saturated rings. The first-order valence-electron chi connectivity index (χ1n) is 6.52. The molecule has 0 bridgehead atoms. The molecule has 2 aromatic rings. The maximum atomic E-state index is 13.2. The largest absolute Gasteiger partial charge is 0.310 e. The van der Waals surface area contributed by atoms with Gasteiger partial charge in [-0.15, -0.1) is 0 Å². The third kappa shape index (κ3) is 3.35. The average Bonchev–Trinajstić information content (AvgIpc) is 3.26. The highest BCUT2D eigenvalue weighted by Gasteiger charge is 2.20. The Hall–Kier alpha value is -1.46. The van der Waals surface area contributed by atoms with Gasteiger partial charge in [0.05, 0.1) is 0 Å². The molecular formula is C15H14F2N2S. The van der Waals surface area contributed by atoms with Crippen molar-refractivity contribution in [1.29, 1.82) is 0 Å². The number of rotatable bonds is 5. The molecule has 1 aromatic heterocycles. The second-order valence-corrected chi connectivity index (χ2v) is 5.86. The summed E-state index contributed by atoms with van der Waals surface area (Å²) < 4.78 is 26.1. The van der Waals surface area contributed by atoms with Crippen molar-refractivity contribution in [1.82, 2.24) is 10.3 Å². The van der Waals surface area contributed by atoms with Gasteiger partial charge in [0.15, 0.2) is 11.6 Å². The second-order valence-electron chi connectivity index (χ2n) is 4.80. The summed E-state index contributed by atoms with van der Waals surface area (Å²) in [6.07, 6.45) is 4.17. The summed E-state index contributed by atoms with van der Waals surface area (Å²) in [6.45, 7) is 0.754. The zero-order valence-corrected chi connectivity index (χ0v) is 11.6. The Bertz CT molecular complexity index is 615. The highest BCUT2D eigenvalue weighted by atomic mass is 32.2. The van der Waals surface area contributed by atoms with Gasteiger partial charge in [-0.05, 0) is 42.7 Å². The Kier molecular flexibility index (Phi) is 3.98. The van der Waals surface area contributed by atoms with E-state index in [1.54, 1.807) is 12.3 Å². The van der Waals surface area contributed by atoms with Crippen LogP contribution >= 0.6 is 11.8 Å². The lowest BCUT2D eigenvalue weighted by molar-refractivity contribution is 0.506. The molecule has 1 N–H and O–H groups in total. The van der Waals surface area contributed by atoms with Crippen LogP contribution in [0.1, 0.15) is 18.4 Å². The van der Waals surface area contributed by atoms with Gasteiger partial charge in [0.25, 0.3) is 0 Å². The molecule has 0 radical (unpaired) electrons. The van der Waals surface area contributed by atoms with Gasteiger partial charge in [-0.2, -0.15) is 0 Å². The summed E-state index contributed by atoms with van der Waals surface area (Å²) in [6, 6.07) is 8.42. The maximum absolute atomic E-state index is 13.2. The molecule has 104 valence electrons. The molecule has 1 aliphatic carbocycles. The van der Waals surface area contributed by atoms with Gasteiger partial charge in [0.2, 0.25) is 0 Å². The zero-order chi connectivity index (χ0) is 13.9. The van der Waals surface area contributed by atoms with Crippen LogP contribution in [0.15, 0.2) is 46.5 Å². The molecule has 1 heterocycles. The maximum Gasteiger partial charge on any atom is 0.159 e. The van der Waals surface area contributed by atoms with E-state index >= 15 is 0 Å². The fraction of sp³-hybridized carbons (Fsp3) is 0.267. The van der Waals surface area contributed by atoms with Crippen LogP contribution in [0.25, 0.3) is 0 Å². The second kappa shape index (κ2) is 5.89. The summed E-state index contributed by atoms with van der Waals surface area (Å²) in [5.41, 5.74) is 1.08. The quantitative estimate of drug-likeness (QED) is 0.908. The van der Waals surface area contributed by atoms with E-state index in [4.69, 9.17) is 0 Å². The molecular weight excluding hydrogens is 278 g/mol. The normalized spacial score (nSPS) is 14.5. The Morgan fingerprint density at radius 3 is 2.80 bits per heavy atom. The van der Waals surface area contributed by atoms with Crippen LogP contribution in [0.2, 0.25) is 0 Å². The van der Waals surface area contributed by atoms with E-state index in [2.05, 4.69) is 10.3 Å². The zero-order valence-electron chi connectivity index (χ0n) is 10.8. The lowest BCUT2D eigenvalue weighted by Crippen LogP contribution is -2.16. The first kappa shape index (κ1) is 13.5. The third-order valence-electron chi connectivity index (χ3n) is 3.11. The van der Waals surface area contributed by atoms with Gasteiger partial charge >= 0.3 is 0 Å². The number of benzene rings is 1. The van der Waals surface area contributed by atoms with Crippen LogP contribution in [0.3, 0.4) is 0 Å². The van der Waals surface area contributed by atoms with E-state index in [0.29, 0.717) is 10.9 Å². The number of halogens is 2. The Morgan fingerprint density at radius 2 is 2.05 bits per heavy atom. The molecule has 0 atom stereocenters. The van der Waals surface area contributed by atoms with Crippen molar-refractivity contribution in [3.05, 3.63) is 53.7 Å². The highest BCUT2D eigenvalue weighted by Crippen LogP contribution is 2.30. The van der Waals surface area contributed by atoms with E-state index in [9.17, 15) is 8.78 Å². The SMILES string of the molecule is Fc1ccc(Sc2ncccc2CNC2CC2)cc1F. The molecule has 0 aliphatic heterocycles. The summed E-state index contributed by atoms with van der Waals surface area (Å²) >= 11 is 1.35. The molecule has 20 heavy (non-hydrogen) atoms. The van der Waals surface area contributed by atoms with Gasteiger partial charge in [0, 0.05) is 23.7 Å². The van der Waals surface area contributed by atoms with Crippen LogP contribution in [-0.2, 0) is 6.54 Å². The fourth-order valence-corrected chi connectivity index (χ4v) is 2.75. The minimum absolute atomic E-state index is 0.622. The number of hydrogen-bond donors (Lipinski definition) is 1. The molecule has 1 aliphatic rings. The standard InChI is InChI=1S/C15H14F2N2S/c16-13-6-5-12(8-14(13)17)20-15-10(2-1-7-18-15)9-19-11-3-4-11/h1-2,5-8,11,19H,3-4,9H2. The Labute approximate surface area is 120 Å². The van der Waals surface area contributed by atoms with Crippen molar-refractivity contribution in [2.24, 2.45) is 0 Å². The topological polar surface area (TPSA) is 24.9 Å². The van der Waals surface area contributed by atoms with Gasteiger partial charge in [-0.3, -0.25) is 0 Å². The van der Waals surface area contributed by atoms with Crippen LogP contribution in [0, 0.1) is 11.6 Å². The predicted octanol–water partition coefficient (Wildman–Crippen LogP) is 3.76. The van der Waals surface area contributed by atoms with Crippen LogP contribution in [-0.4, -0.2) is 11.0 Å². The van der Waals surface area contributed by atoms with E-state index in [0.717, 1.165) is 23.2 Å². The smallest absolute Gasteiger partial charge is 0.159 e. The van der Waals surface area contributed by atoms with E-state index in [1.807, 2.05) is 12.1 Å². The van der Waals surface area contributed by atoms with Crippen molar-refractivity contribution in [3.8, 4) is 0 Å². The number of aromatic nitrogens is 1. The van der Waals surface area contributed by atoms with Crippen molar-refractivity contribution < 1.29 is 8.78 Å². The summed E-state index contributed by atoms with van der Waals surface area (Å²) in [5, 5.41) is 4.26. The fourth-order valence-electron chi connectivity index (χ4n) is 1.84. The monoisotopic (exact) mass is 292 g/mol. The van der Waals surface area contributed by atoms with Gasteiger partial charge < -0.3 is 5.32 Å². The first-order chi connectivity index (χ1) is 9.72. The molecule has 0 unspecified atom stereocenters. The average molecular weight is 292 g/mol. The van der Waals surface area contributed by atoms with E-state index in [-0.39, 0.29) is 0 Å². The predicted molar refractivity (Wildman–Crippen MR) is 74.6 cm³/mol. The van der Waals surface area contributed by atoms with Crippen molar-refractivity contribution >= 4 is 11.8 Å². The lowest BCUT2D eigenvalue weighted by Gasteiger charge is -2.09. The molecule has 5 heteroatoms. The Balaban J connectivity index is 1.76. The minimum atomic E-state index is -0.830. The molecule has 3 rings (SSSR count). The van der Waals surface area contributed by atoms with Crippen LogP contribution in [0.4, 0.5) is 8.78 Å². The molecule has 0 saturated heterocycles. The first-order valence-corrected chi connectivity index (χ1v) is 7.34. The molecule has 0 spiro atoms.